The second-order valence-corrected chi connectivity index (χ2v) is 5.46. The molecule has 24 heavy (non-hydrogen) atoms. The molecule has 122 valence electrons. The Bertz CT molecular complexity index is 869. The fourth-order valence-electron chi connectivity index (χ4n) is 2.37. The van der Waals surface area contributed by atoms with Crippen molar-refractivity contribution < 1.29 is 18.7 Å². The minimum absolute atomic E-state index is 0.231. The number of aromatic carboxylic acids is 1. The number of furan rings is 1. The van der Waals surface area contributed by atoms with E-state index in [2.05, 4.69) is 5.32 Å². The smallest absolute Gasteiger partial charge is 0.335 e. The molecule has 0 spiro atoms. The summed E-state index contributed by atoms with van der Waals surface area (Å²) in [6, 6.07) is 14.7. The predicted molar refractivity (Wildman–Crippen MR) is 89.6 cm³/mol. The first kappa shape index (κ1) is 15.8. The van der Waals surface area contributed by atoms with Crippen molar-refractivity contribution in [3.8, 4) is 11.3 Å². The molecule has 0 fully saturated rings. The number of nitrogens with one attached hydrogen (secondary N) is 1. The highest BCUT2D eigenvalue weighted by atomic mass is 19.1. The zero-order valence-electron chi connectivity index (χ0n) is 13.0. The van der Waals surface area contributed by atoms with Crippen LogP contribution in [0.4, 0.5) is 10.1 Å². The van der Waals surface area contributed by atoms with Crippen molar-refractivity contribution in [2.75, 3.05) is 5.32 Å². The Morgan fingerprint density at radius 3 is 2.58 bits per heavy atom. The monoisotopic (exact) mass is 325 g/mol. The van der Waals surface area contributed by atoms with E-state index in [9.17, 15) is 9.18 Å². The summed E-state index contributed by atoms with van der Waals surface area (Å²) in [4.78, 5) is 11.0. The Balaban J connectivity index is 1.73. The van der Waals surface area contributed by atoms with Crippen molar-refractivity contribution in [1.29, 1.82) is 0 Å². The molecule has 0 aliphatic carbocycles. The van der Waals surface area contributed by atoms with Crippen LogP contribution in [0.3, 0.4) is 0 Å². The molecular weight excluding hydrogens is 309 g/mol. The van der Waals surface area contributed by atoms with Gasteiger partial charge in [0.1, 0.15) is 17.3 Å². The molecule has 0 aliphatic heterocycles. The largest absolute Gasteiger partial charge is 0.478 e. The Morgan fingerprint density at radius 2 is 1.88 bits per heavy atom. The van der Waals surface area contributed by atoms with E-state index in [4.69, 9.17) is 9.52 Å². The maximum Gasteiger partial charge on any atom is 0.335 e. The molecule has 2 aromatic carbocycles. The third kappa shape index (κ3) is 3.46. The van der Waals surface area contributed by atoms with Gasteiger partial charge in [0.2, 0.25) is 0 Å². The summed E-state index contributed by atoms with van der Waals surface area (Å²) in [5.74, 6) is 0.105. The molecule has 0 saturated heterocycles. The maximum atomic E-state index is 13.0. The van der Waals surface area contributed by atoms with Gasteiger partial charge in [-0.1, -0.05) is 6.07 Å². The average Bonchev–Trinajstić information content (AvgIpc) is 3.03. The van der Waals surface area contributed by atoms with E-state index in [0.717, 1.165) is 16.8 Å². The molecule has 0 saturated carbocycles. The minimum Gasteiger partial charge on any atom is -0.478 e. The number of halogens is 1. The van der Waals surface area contributed by atoms with E-state index in [1.807, 2.05) is 19.1 Å². The lowest BCUT2D eigenvalue weighted by atomic mass is 10.1. The van der Waals surface area contributed by atoms with Crippen LogP contribution in [0, 0.1) is 12.7 Å². The number of anilines is 1. The Morgan fingerprint density at radius 1 is 1.12 bits per heavy atom. The first-order valence-corrected chi connectivity index (χ1v) is 7.45. The predicted octanol–water partition coefficient (Wildman–Crippen LogP) is 4.70. The van der Waals surface area contributed by atoms with Gasteiger partial charge < -0.3 is 14.8 Å². The van der Waals surface area contributed by atoms with Crippen molar-refractivity contribution in [2.45, 2.75) is 13.5 Å². The van der Waals surface area contributed by atoms with Gasteiger partial charge >= 0.3 is 5.97 Å². The van der Waals surface area contributed by atoms with Crippen molar-refractivity contribution in [3.05, 3.63) is 77.3 Å². The van der Waals surface area contributed by atoms with Crippen LogP contribution in [0.1, 0.15) is 21.7 Å². The molecule has 0 bridgehead atoms. The molecule has 0 aliphatic rings. The summed E-state index contributed by atoms with van der Waals surface area (Å²) in [6.45, 7) is 2.32. The normalized spacial score (nSPS) is 10.6. The lowest BCUT2D eigenvalue weighted by Crippen LogP contribution is -2.03. The standard InChI is InChI=1S/C19H16FNO3/c1-12-2-3-14(19(22)23)10-17(12)21-11-16-8-9-18(24-16)13-4-6-15(20)7-5-13/h2-10,21H,11H2,1H3,(H,22,23). The number of aryl methyl sites for hydroxylation is 1. The van der Waals surface area contributed by atoms with Crippen molar-refractivity contribution in [3.63, 3.8) is 0 Å². The Hall–Kier alpha value is -3.08. The summed E-state index contributed by atoms with van der Waals surface area (Å²) in [6.07, 6.45) is 0. The van der Waals surface area contributed by atoms with Crippen LogP contribution in [0.25, 0.3) is 11.3 Å². The SMILES string of the molecule is Cc1ccc(C(=O)O)cc1NCc1ccc(-c2ccc(F)cc2)o1. The first-order valence-electron chi connectivity index (χ1n) is 7.45. The molecular formula is C19H16FNO3. The lowest BCUT2D eigenvalue weighted by Gasteiger charge is -2.09. The molecule has 2 N–H and O–H groups in total. The molecule has 5 heteroatoms. The van der Waals surface area contributed by atoms with Gasteiger partial charge in [-0.05, 0) is 61.0 Å². The highest BCUT2D eigenvalue weighted by molar-refractivity contribution is 5.89. The second kappa shape index (κ2) is 6.58. The number of carboxylic acids is 1. The summed E-state index contributed by atoms with van der Waals surface area (Å²) in [5, 5.41) is 12.2. The van der Waals surface area contributed by atoms with E-state index in [1.54, 1.807) is 30.3 Å². The minimum atomic E-state index is -0.963. The fourth-order valence-corrected chi connectivity index (χ4v) is 2.37. The average molecular weight is 325 g/mol. The second-order valence-electron chi connectivity index (χ2n) is 5.46. The number of hydrogen-bond donors (Lipinski definition) is 2. The summed E-state index contributed by atoms with van der Waals surface area (Å²) in [5.41, 5.74) is 2.72. The molecule has 3 aromatic rings. The van der Waals surface area contributed by atoms with E-state index >= 15 is 0 Å². The fraction of sp³-hybridized carbons (Fsp3) is 0.105. The molecule has 0 unspecified atom stereocenters. The Kier molecular flexibility index (Phi) is 4.33. The third-order valence-electron chi connectivity index (χ3n) is 3.73. The number of rotatable bonds is 5. The summed E-state index contributed by atoms with van der Waals surface area (Å²) in [7, 11) is 0. The number of carbonyl (C=O) groups is 1. The third-order valence-corrected chi connectivity index (χ3v) is 3.73. The van der Waals surface area contributed by atoms with Crippen molar-refractivity contribution in [1.82, 2.24) is 0 Å². The molecule has 0 amide bonds. The van der Waals surface area contributed by atoms with Crippen LogP contribution in [-0.2, 0) is 6.54 Å². The van der Waals surface area contributed by atoms with Crippen LogP contribution in [0.2, 0.25) is 0 Å². The van der Waals surface area contributed by atoms with Crippen LogP contribution in [0.15, 0.2) is 59.0 Å². The lowest BCUT2D eigenvalue weighted by molar-refractivity contribution is 0.0697. The van der Waals surface area contributed by atoms with Gasteiger partial charge in [-0.3, -0.25) is 0 Å². The van der Waals surface area contributed by atoms with Gasteiger partial charge in [-0.25, -0.2) is 9.18 Å². The zero-order valence-corrected chi connectivity index (χ0v) is 13.0. The summed E-state index contributed by atoms with van der Waals surface area (Å²) < 4.78 is 18.7. The quantitative estimate of drug-likeness (QED) is 0.713. The summed E-state index contributed by atoms with van der Waals surface area (Å²) >= 11 is 0. The van der Waals surface area contributed by atoms with Crippen molar-refractivity contribution in [2.24, 2.45) is 0 Å². The van der Waals surface area contributed by atoms with E-state index < -0.39 is 5.97 Å². The van der Waals surface area contributed by atoms with Crippen molar-refractivity contribution >= 4 is 11.7 Å². The number of hydrogen-bond acceptors (Lipinski definition) is 3. The number of carboxylic acid groups (broad SMARTS) is 1. The van der Waals surface area contributed by atoms with Gasteiger partial charge in [0, 0.05) is 11.3 Å². The highest BCUT2D eigenvalue weighted by Gasteiger charge is 2.08. The van der Waals surface area contributed by atoms with E-state index in [0.29, 0.717) is 18.1 Å². The highest BCUT2D eigenvalue weighted by Crippen LogP contribution is 2.24. The number of benzene rings is 2. The van der Waals surface area contributed by atoms with Gasteiger partial charge in [-0.15, -0.1) is 0 Å². The van der Waals surface area contributed by atoms with Crippen LogP contribution < -0.4 is 5.32 Å². The Labute approximate surface area is 138 Å². The first-order chi connectivity index (χ1) is 11.5. The topological polar surface area (TPSA) is 62.5 Å². The molecule has 3 rings (SSSR count). The van der Waals surface area contributed by atoms with Gasteiger partial charge in [-0.2, -0.15) is 0 Å². The molecule has 0 radical (unpaired) electrons. The zero-order chi connectivity index (χ0) is 17.1. The van der Waals surface area contributed by atoms with Crippen LogP contribution in [0.5, 0.6) is 0 Å². The molecule has 1 heterocycles. The molecule has 0 atom stereocenters. The molecule has 4 nitrogen and oxygen atoms in total. The van der Waals surface area contributed by atoms with E-state index in [-0.39, 0.29) is 11.4 Å². The van der Waals surface area contributed by atoms with E-state index in [1.165, 1.54) is 12.1 Å². The van der Waals surface area contributed by atoms with Gasteiger partial charge in [0.25, 0.3) is 0 Å². The maximum absolute atomic E-state index is 13.0. The van der Waals surface area contributed by atoms with Gasteiger partial charge in [0.15, 0.2) is 0 Å². The van der Waals surface area contributed by atoms with Gasteiger partial charge in [0.05, 0.1) is 12.1 Å². The molecule has 1 aromatic heterocycles. The van der Waals surface area contributed by atoms with Crippen LogP contribution >= 0.6 is 0 Å². The van der Waals surface area contributed by atoms with Crippen LogP contribution in [-0.4, -0.2) is 11.1 Å².